The maximum Gasteiger partial charge on any atom is 0.248 e. The molecule has 0 saturated heterocycles. The molecule has 0 unspecified atom stereocenters. The minimum Gasteiger partial charge on any atom is -0.360 e. The maximum absolute atomic E-state index is 5.95. The van der Waals surface area contributed by atoms with Gasteiger partial charge in [-0.15, -0.1) is 5.10 Å². The van der Waals surface area contributed by atoms with Crippen LogP contribution in [0.15, 0.2) is 30.6 Å². The molecule has 2 aromatic rings. The smallest absolute Gasteiger partial charge is 0.248 e. The van der Waals surface area contributed by atoms with Gasteiger partial charge in [-0.2, -0.15) is 0 Å². The monoisotopic (exact) mass is 309 g/mol. The molecule has 1 aromatic heterocycles. The van der Waals surface area contributed by atoms with E-state index < -0.39 is 0 Å². The van der Waals surface area contributed by atoms with E-state index in [1.54, 1.807) is 11.0 Å². The Bertz CT molecular complexity index is 596. The molecule has 0 bridgehead atoms. The summed E-state index contributed by atoms with van der Waals surface area (Å²) < 4.78 is 1.73. The highest BCUT2D eigenvalue weighted by atomic mass is 35.5. The Morgan fingerprint density at radius 1 is 1.45 bits per heavy atom. The number of aromatic nitrogens is 3. The van der Waals surface area contributed by atoms with E-state index in [-0.39, 0.29) is 6.04 Å². The van der Waals surface area contributed by atoms with E-state index >= 15 is 0 Å². The van der Waals surface area contributed by atoms with Gasteiger partial charge in [-0.05, 0) is 43.8 Å². The first-order valence-electron chi connectivity index (χ1n) is 6.24. The lowest BCUT2D eigenvalue weighted by Gasteiger charge is -2.10. The minimum absolute atomic E-state index is 0.267. The topological polar surface area (TPSA) is 54.8 Å². The molecule has 7 heteroatoms. The highest BCUT2D eigenvalue weighted by Gasteiger charge is 2.05. The highest BCUT2D eigenvalue weighted by molar-refractivity contribution is 7.80. The molecule has 0 fully saturated rings. The molecule has 106 valence electrons. The van der Waals surface area contributed by atoms with Crippen molar-refractivity contribution in [3.63, 3.8) is 0 Å². The summed E-state index contributed by atoms with van der Waals surface area (Å²) in [6.07, 6.45) is 1.65. The zero-order chi connectivity index (χ0) is 14.5. The predicted molar refractivity (Wildman–Crippen MR) is 85.1 cm³/mol. The zero-order valence-corrected chi connectivity index (χ0v) is 12.9. The first kappa shape index (κ1) is 14.7. The number of anilines is 1. The molecule has 0 atom stereocenters. The van der Waals surface area contributed by atoms with E-state index in [2.05, 4.69) is 20.7 Å². The van der Waals surface area contributed by atoms with Crippen LogP contribution >= 0.6 is 23.8 Å². The Labute approximate surface area is 128 Å². The molecule has 0 aliphatic rings. The van der Waals surface area contributed by atoms with Crippen LogP contribution in [0.1, 0.15) is 19.4 Å². The fraction of sp³-hybridized carbons (Fsp3) is 0.308. The van der Waals surface area contributed by atoms with Gasteiger partial charge in [-0.25, -0.2) is 9.67 Å². The lowest BCUT2D eigenvalue weighted by molar-refractivity contribution is 0.687. The lowest BCUT2D eigenvalue weighted by atomic mass is 10.2. The van der Waals surface area contributed by atoms with Gasteiger partial charge in [0.2, 0.25) is 5.95 Å². The van der Waals surface area contributed by atoms with Gasteiger partial charge in [-0.1, -0.05) is 23.7 Å². The van der Waals surface area contributed by atoms with Crippen molar-refractivity contribution in [2.24, 2.45) is 0 Å². The third-order valence-corrected chi connectivity index (χ3v) is 2.87. The van der Waals surface area contributed by atoms with Crippen LogP contribution < -0.4 is 10.6 Å². The van der Waals surface area contributed by atoms with Crippen molar-refractivity contribution in [3.8, 4) is 0 Å². The summed E-state index contributed by atoms with van der Waals surface area (Å²) in [6, 6.07) is 7.92. The first-order valence-corrected chi connectivity index (χ1v) is 7.03. The summed E-state index contributed by atoms with van der Waals surface area (Å²) in [6.45, 7) is 4.64. The fourth-order valence-electron chi connectivity index (χ4n) is 1.65. The van der Waals surface area contributed by atoms with Gasteiger partial charge in [0.1, 0.15) is 6.33 Å². The fourth-order valence-corrected chi connectivity index (χ4v) is 2.19. The average molecular weight is 310 g/mol. The Balaban J connectivity index is 1.97. The number of rotatable bonds is 4. The van der Waals surface area contributed by atoms with Gasteiger partial charge in [0.05, 0.1) is 6.54 Å². The van der Waals surface area contributed by atoms with E-state index in [1.165, 1.54) is 0 Å². The van der Waals surface area contributed by atoms with E-state index in [9.17, 15) is 0 Å². The third-order valence-electron chi connectivity index (χ3n) is 2.42. The summed E-state index contributed by atoms with van der Waals surface area (Å²) in [5.74, 6) is 0.477. The molecule has 0 saturated carbocycles. The molecular weight excluding hydrogens is 294 g/mol. The van der Waals surface area contributed by atoms with Crippen molar-refractivity contribution >= 4 is 34.9 Å². The Morgan fingerprint density at radius 2 is 2.25 bits per heavy atom. The predicted octanol–water partition coefficient (Wildman–Crippen LogP) is 2.67. The number of nitrogens with one attached hydrogen (secondary N) is 2. The van der Waals surface area contributed by atoms with Crippen LogP contribution in [0.2, 0.25) is 5.02 Å². The molecule has 0 radical (unpaired) electrons. The van der Waals surface area contributed by atoms with Crippen molar-refractivity contribution in [2.45, 2.75) is 26.4 Å². The van der Waals surface area contributed by atoms with Crippen molar-refractivity contribution in [3.05, 3.63) is 41.2 Å². The van der Waals surface area contributed by atoms with Crippen LogP contribution in [0, 0.1) is 0 Å². The lowest BCUT2D eigenvalue weighted by Crippen LogP contribution is -2.34. The number of nitrogens with zero attached hydrogens (tertiary/aromatic N) is 3. The minimum atomic E-state index is 0.267. The summed E-state index contributed by atoms with van der Waals surface area (Å²) >= 11 is 11.1. The van der Waals surface area contributed by atoms with Gasteiger partial charge in [0.15, 0.2) is 5.11 Å². The maximum atomic E-state index is 5.95. The second-order valence-corrected chi connectivity index (χ2v) is 5.49. The van der Waals surface area contributed by atoms with Crippen LogP contribution in [-0.4, -0.2) is 25.9 Å². The molecule has 2 N–H and O–H groups in total. The van der Waals surface area contributed by atoms with E-state index in [4.69, 9.17) is 23.8 Å². The highest BCUT2D eigenvalue weighted by Crippen LogP contribution is 2.11. The van der Waals surface area contributed by atoms with Gasteiger partial charge < -0.3 is 5.32 Å². The number of hydrogen-bond donors (Lipinski definition) is 2. The van der Waals surface area contributed by atoms with E-state index in [0.717, 1.165) is 5.56 Å². The Kier molecular flexibility index (Phi) is 4.92. The molecule has 20 heavy (non-hydrogen) atoms. The third kappa shape index (κ3) is 4.47. The molecule has 5 nitrogen and oxygen atoms in total. The summed E-state index contributed by atoms with van der Waals surface area (Å²) in [5.41, 5.74) is 1.07. The summed E-state index contributed by atoms with van der Waals surface area (Å²) in [7, 11) is 0. The standard InChI is InChI=1S/C13H16ClN5S/c1-9(2)16-13(20)17-12-15-8-19(18-12)7-10-4-3-5-11(14)6-10/h3-6,8-9H,7H2,1-2H3,(H2,16,17,18,20). The van der Waals surface area contributed by atoms with E-state index in [0.29, 0.717) is 22.6 Å². The normalized spacial score (nSPS) is 10.6. The SMILES string of the molecule is CC(C)NC(=S)Nc1ncn(Cc2cccc(Cl)c2)n1. The largest absolute Gasteiger partial charge is 0.360 e. The van der Waals surface area contributed by atoms with E-state index in [1.807, 2.05) is 38.1 Å². The van der Waals surface area contributed by atoms with Crippen LogP contribution in [0.25, 0.3) is 0 Å². The first-order chi connectivity index (χ1) is 9.52. The number of hydrogen-bond acceptors (Lipinski definition) is 3. The van der Waals surface area contributed by atoms with Gasteiger partial charge >= 0.3 is 0 Å². The summed E-state index contributed by atoms with van der Waals surface area (Å²) in [4.78, 5) is 4.16. The molecule has 0 aliphatic heterocycles. The van der Waals surface area contributed by atoms with Gasteiger partial charge in [0.25, 0.3) is 0 Å². The Hall–Kier alpha value is -1.66. The van der Waals surface area contributed by atoms with Crippen LogP contribution in [0.3, 0.4) is 0 Å². The second kappa shape index (κ2) is 6.67. The van der Waals surface area contributed by atoms with Crippen LogP contribution in [0.4, 0.5) is 5.95 Å². The number of halogens is 1. The Morgan fingerprint density at radius 3 is 2.95 bits per heavy atom. The molecule has 0 amide bonds. The average Bonchev–Trinajstić information content (AvgIpc) is 2.75. The summed E-state index contributed by atoms with van der Waals surface area (Å²) in [5, 5.41) is 11.5. The molecule has 1 aromatic carbocycles. The molecule has 2 rings (SSSR count). The number of benzene rings is 1. The van der Waals surface area contributed by atoms with Crippen LogP contribution in [0.5, 0.6) is 0 Å². The molecule has 0 aliphatic carbocycles. The zero-order valence-electron chi connectivity index (χ0n) is 11.3. The molecule has 1 heterocycles. The van der Waals surface area contributed by atoms with Gasteiger partial charge in [-0.3, -0.25) is 5.32 Å². The van der Waals surface area contributed by atoms with Crippen molar-refractivity contribution in [2.75, 3.05) is 5.32 Å². The van der Waals surface area contributed by atoms with Crippen LogP contribution in [-0.2, 0) is 6.54 Å². The van der Waals surface area contributed by atoms with Crippen molar-refractivity contribution in [1.82, 2.24) is 20.1 Å². The van der Waals surface area contributed by atoms with Gasteiger partial charge in [0, 0.05) is 11.1 Å². The quantitative estimate of drug-likeness (QED) is 0.851. The molecule has 0 spiro atoms. The van der Waals surface area contributed by atoms with Crippen molar-refractivity contribution < 1.29 is 0 Å². The second-order valence-electron chi connectivity index (χ2n) is 4.65. The molecular formula is C13H16ClN5S. The number of thiocarbonyl (C=S) groups is 1. The van der Waals surface area contributed by atoms with Crippen molar-refractivity contribution in [1.29, 1.82) is 0 Å².